The van der Waals surface area contributed by atoms with Crippen molar-refractivity contribution in [2.75, 3.05) is 69.4 Å². The van der Waals surface area contributed by atoms with E-state index in [1.165, 1.54) is 0 Å². The Labute approximate surface area is 186 Å². The van der Waals surface area contributed by atoms with Gasteiger partial charge in [0.1, 0.15) is 5.56 Å². The Bertz CT molecular complexity index is 769. The van der Waals surface area contributed by atoms with Crippen LogP contribution in [0.25, 0.3) is 0 Å². The van der Waals surface area contributed by atoms with Gasteiger partial charge in [0.05, 0.1) is 13.2 Å². The second kappa shape index (κ2) is 9.30. The molecule has 10 heteroatoms. The molecule has 0 spiro atoms. The summed E-state index contributed by atoms with van der Waals surface area (Å²) >= 11 is 0. The van der Waals surface area contributed by atoms with E-state index in [1.807, 2.05) is 0 Å². The van der Waals surface area contributed by atoms with Gasteiger partial charge in [-0.25, -0.2) is 0 Å². The smallest absolute Gasteiger partial charge is 0.381 e. The third-order valence-electron chi connectivity index (χ3n) is 7.45. The minimum absolute atomic E-state index is 0.0138. The van der Waals surface area contributed by atoms with Gasteiger partial charge >= 0.3 is 6.18 Å². The van der Waals surface area contributed by atoms with E-state index < -0.39 is 11.7 Å². The molecule has 4 aliphatic rings. The molecular weight excluding hydrogens is 423 g/mol. The van der Waals surface area contributed by atoms with Crippen molar-refractivity contribution in [1.82, 2.24) is 15.1 Å². The summed E-state index contributed by atoms with van der Waals surface area (Å²) in [7, 11) is 0. The fraction of sp³-hybridized carbons (Fsp3) is 0.818. The van der Waals surface area contributed by atoms with Crippen molar-refractivity contribution in [3.05, 3.63) is 11.6 Å². The molecule has 1 aromatic rings. The van der Waals surface area contributed by atoms with E-state index in [2.05, 4.69) is 20.4 Å². The van der Waals surface area contributed by atoms with Gasteiger partial charge in [-0.1, -0.05) is 0 Å². The van der Waals surface area contributed by atoms with Crippen molar-refractivity contribution >= 4 is 11.6 Å². The maximum absolute atomic E-state index is 13.8. The van der Waals surface area contributed by atoms with Crippen molar-refractivity contribution in [3.8, 4) is 0 Å². The number of hydrogen-bond acceptors (Lipinski definition) is 7. The van der Waals surface area contributed by atoms with Gasteiger partial charge in [0.25, 0.3) is 0 Å². The van der Waals surface area contributed by atoms with Crippen LogP contribution in [0.3, 0.4) is 0 Å². The van der Waals surface area contributed by atoms with Crippen LogP contribution in [-0.4, -0.2) is 80.3 Å². The van der Waals surface area contributed by atoms with E-state index in [1.54, 1.807) is 4.90 Å². The Kier molecular flexibility index (Phi) is 6.44. The van der Waals surface area contributed by atoms with Crippen molar-refractivity contribution < 1.29 is 22.6 Å². The fourth-order valence-corrected chi connectivity index (χ4v) is 5.80. The first-order chi connectivity index (χ1) is 15.5. The summed E-state index contributed by atoms with van der Waals surface area (Å²) in [4.78, 5) is 4.35. The minimum atomic E-state index is -4.48. The third-order valence-corrected chi connectivity index (χ3v) is 7.45. The Hall–Kier alpha value is -1.65. The quantitative estimate of drug-likeness (QED) is 0.733. The van der Waals surface area contributed by atoms with Gasteiger partial charge in [-0.05, 0) is 49.5 Å². The van der Waals surface area contributed by atoms with Crippen LogP contribution in [0, 0.1) is 17.8 Å². The van der Waals surface area contributed by atoms with Crippen LogP contribution in [-0.2, 0) is 15.7 Å². The summed E-state index contributed by atoms with van der Waals surface area (Å²) in [6, 6.07) is 1.14. The number of nitrogens with zero attached hydrogens (tertiary/aromatic N) is 4. The first kappa shape index (κ1) is 22.2. The number of aromatic nitrogens is 2. The molecule has 0 aromatic carbocycles. The molecule has 3 aliphatic heterocycles. The molecule has 0 radical (unpaired) electrons. The Morgan fingerprint density at radius 2 is 1.62 bits per heavy atom. The number of nitrogens with one attached hydrogen (secondary N) is 1. The lowest BCUT2D eigenvalue weighted by atomic mass is 10.00. The van der Waals surface area contributed by atoms with Gasteiger partial charge in [-0.3, -0.25) is 0 Å². The number of likely N-dealkylation sites (tertiary alicyclic amines) is 1. The zero-order valence-electron chi connectivity index (χ0n) is 18.3. The number of fused-ring (bicyclic) bond motifs is 1. The second-order valence-corrected chi connectivity index (χ2v) is 9.67. The number of halogens is 3. The Balaban J connectivity index is 1.20. The maximum Gasteiger partial charge on any atom is 0.420 e. The molecule has 32 heavy (non-hydrogen) atoms. The van der Waals surface area contributed by atoms with E-state index in [0.717, 1.165) is 64.6 Å². The van der Waals surface area contributed by atoms with Crippen molar-refractivity contribution in [3.63, 3.8) is 0 Å². The summed E-state index contributed by atoms with van der Waals surface area (Å²) < 4.78 is 52.2. The van der Waals surface area contributed by atoms with Gasteiger partial charge in [0.15, 0.2) is 11.6 Å². The van der Waals surface area contributed by atoms with Gasteiger partial charge < -0.3 is 24.6 Å². The molecule has 7 nitrogen and oxygen atoms in total. The molecule has 1 N–H and O–H groups in total. The van der Waals surface area contributed by atoms with Gasteiger partial charge in [0.2, 0.25) is 0 Å². The van der Waals surface area contributed by atoms with Crippen LogP contribution in [0.1, 0.15) is 31.2 Å². The SMILES string of the molecule is FC(F)(F)c1cc(N2CCOCC2)nnc1NC1CC2CN(CC3CCOCC3)C[C@H]2C1. The molecule has 1 saturated carbocycles. The number of anilines is 2. The molecule has 4 heterocycles. The number of rotatable bonds is 5. The first-order valence-corrected chi connectivity index (χ1v) is 11.8. The molecule has 178 valence electrons. The molecule has 4 fully saturated rings. The highest BCUT2D eigenvalue weighted by Gasteiger charge is 2.43. The summed E-state index contributed by atoms with van der Waals surface area (Å²) in [5.74, 6) is 1.92. The standard InChI is InChI=1S/C22H32F3N5O2/c23-22(24,25)19-11-20(30-3-7-32-8-4-30)27-28-21(19)26-18-9-16-13-29(14-17(16)10-18)12-15-1-5-31-6-2-15/h11,15-18H,1-10,12-14H2,(H,26,28)/t16-,17?,18?/m1/s1. The molecule has 2 unspecified atom stereocenters. The molecule has 1 aromatic heterocycles. The summed E-state index contributed by atoms with van der Waals surface area (Å²) in [6.07, 6.45) is -0.433. The van der Waals surface area contributed by atoms with Crippen molar-refractivity contribution in [2.45, 2.75) is 37.9 Å². The Morgan fingerprint density at radius 3 is 2.28 bits per heavy atom. The lowest BCUT2D eigenvalue weighted by molar-refractivity contribution is -0.137. The lowest BCUT2D eigenvalue weighted by Gasteiger charge is -2.28. The lowest BCUT2D eigenvalue weighted by Crippen LogP contribution is -2.37. The van der Waals surface area contributed by atoms with E-state index >= 15 is 0 Å². The predicted octanol–water partition coefficient (Wildman–Crippen LogP) is 2.88. The van der Waals surface area contributed by atoms with E-state index in [4.69, 9.17) is 9.47 Å². The average molecular weight is 456 g/mol. The second-order valence-electron chi connectivity index (χ2n) is 9.67. The van der Waals surface area contributed by atoms with Crippen LogP contribution in [0.4, 0.5) is 24.8 Å². The fourth-order valence-electron chi connectivity index (χ4n) is 5.80. The Morgan fingerprint density at radius 1 is 0.969 bits per heavy atom. The number of morpholine rings is 1. The van der Waals surface area contributed by atoms with Crippen molar-refractivity contribution in [2.24, 2.45) is 17.8 Å². The average Bonchev–Trinajstić information content (AvgIpc) is 3.32. The van der Waals surface area contributed by atoms with Crippen LogP contribution >= 0.6 is 0 Å². The van der Waals surface area contributed by atoms with E-state index in [0.29, 0.717) is 44.1 Å². The molecule has 0 amide bonds. The highest BCUT2D eigenvalue weighted by Crippen LogP contribution is 2.41. The molecule has 5 rings (SSSR count). The van der Waals surface area contributed by atoms with Crippen LogP contribution in [0.2, 0.25) is 0 Å². The zero-order chi connectivity index (χ0) is 22.1. The van der Waals surface area contributed by atoms with Gasteiger partial charge in [-0.2, -0.15) is 13.2 Å². The molecule has 3 saturated heterocycles. The molecule has 1 aliphatic carbocycles. The summed E-state index contributed by atoms with van der Waals surface area (Å²) in [6.45, 7) is 6.97. The van der Waals surface area contributed by atoms with E-state index in [-0.39, 0.29) is 17.7 Å². The van der Waals surface area contributed by atoms with E-state index in [9.17, 15) is 13.2 Å². The largest absolute Gasteiger partial charge is 0.420 e. The first-order valence-electron chi connectivity index (χ1n) is 11.8. The highest BCUT2D eigenvalue weighted by molar-refractivity contribution is 5.53. The van der Waals surface area contributed by atoms with Gasteiger partial charge in [0, 0.05) is 52.0 Å². The maximum atomic E-state index is 13.8. The zero-order valence-corrected chi connectivity index (χ0v) is 18.3. The van der Waals surface area contributed by atoms with Crippen LogP contribution in [0.15, 0.2) is 6.07 Å². The monoisotopic (exact) mass is 455 g/mol. The number of alkyl halides is 3. The summed E-state index contributed by atoms with van der Waals surface area (Å²) in [5, 5.41) is 11.2. The summed E-state index contributed by atoms with van der Waals surface area (Å²) in [5.41, 5.74) is -0.729. The highest BCUT2D eigenvalue weighted by atomic mass is 19.4. The topological polar surface area (TPSA) is 62.8 Å². The van der Waals surface area contributed by atoms with Crippen LogP contribution < -0.4 is 10.2 Å². The molecule has 0 bridgehead atoms. The van der Waals surface area contributed by atoms with Gasteiger partial charge in [-0.15, -0.1) is 10.2 Å². The normalized spacial score (nSPS) is 30.0. The third kappa shape index (κ3) is 4.97. The number of ether oxygens (including phenoxy) is 2. The van der Waals surface area contributed by atoms with Crippen LogP contribution in [0.5, 0.6) is 0 Å². The molecule has 3 atom stereocenters. The predicted molar refractivity (Wildman–Crippen MR) is 114 cm³/mol. The molecular formula is C22H32F3N5O2. The number of hydrogen-bond donors (Lipinski definition) is 1. The van der Waals surface area contributed by atoms with Crippen molar-refractivity contribution in [1.29, 1.82) is 0 Å². The minimum Gasteiger partial charge on any atom is -0.381 e.